The van der Waals surface area contributed by atoms with Crippen LogP contribution in [0.5, 0.6) is 0 Å². The second kappa shape index (κ2) is 5.85. The summed E-state index contributed by atoms with van der Waals surface area (Å²) < 4.78 is 6.70. The van der Waals surface area contributed by atoms with Crippen LogP contribution in [0.1, 0.15) is 27.2 Å². The fraction of sp³-hybridized carbons (Fsp3) is 0.538. The van der Waals surface area contributed by atoms with E-state index in [0.717, 1.165) is 0 Å². The summed E-state index contributed by atoms with van der Waals surface area (Å²) in [4.78, 5) is 11.4. The fourth-order valence-electron chi connectivity index (χ4n) is 2.12. The Morgan fingerprint density at radius 3 is 2.71 bits per heavy atom. The fourth-order valence-corrected chi connectivity index (χ4v) is 2.26. The van der Waals surface area contributed by atoms with Gasteiger partial charge in [0.15, 0.2) is 11.0 Å². The predicted octanol–water partition coefficient (Wildman–Crippen LogP) is 2.72. The van der Waals surface area contributed by atoms with Crippen LogP contribution in [0.4, 0.5) is 0 Å². The lowest BCUT2D eigenvalue weighted by Crippen LogP contribution is -2.26. The van der Waals surface area contributed by atoms with Gasteiger partial charge in [-0.15, -0.1) is 5.10 Å². The zero-order chi connectivity index (χ0) is 15.6. The van der Waals surface area contributed by atoms with E-state index >= 15 is 0 Å². The Balaban J connectivity index is 2.22. The molecule has 0 spiro atoms. The molecule has 7 nitrogen and oxygen atoms in total. The number of hydrogen-bond acceptors (Lipinski definition) is 5. The van der Waals surface area contributed by atoms with Gasteiger partial charge in [0.25, 0.3) is 0 Å². The first-order valence-electron chi connectivity index (χ1n) is 6.51. The molecule has 1 unspecified atom stereocenters. The second-order valence-electron chi connectivity index (χ2n) is 6.09. The first kappa shape index (κ1) is 15.5. The number of carboxylic acid groups (broad SMARTS) is 1. The van der Waals surface area contributed by atoms with E-state index in [4.69, 9.17) is 16.0 Å². The van der Waals surface area contributed by atoms with Crippen LogP contribution in [0.15, 0.2) is 16.5 Å². The molecule has 1 atom stereocenters. The van der Waals surface area contributed by atoms with Crippen LogP contribution < -0.4 is 0 Å². The third-order valence-electron chi connectivity index (χ3n) is 2.93. The average molecular weight is 313 g/mol. The first-order chi connectivity index (χ1) is 9.76. The molecule has 0 amide bonds. The summed E-state index contributed by atoms with van der Waals surface area (Å²) in [6.45, 7) is 6.16. The van der Waals surface area contributed by atoms with Crippen LogP contribution in [0.2, 0.25) is 5.22 Å². The van der Waals surface area contributed by atoms with E-state index in [9.17, 15) is 9.90 Å². The van der Waals surface area contributed by atoms with Gasteiger partial charge in [-0.3, -0.25) is 4.79 Å². The van der Waals surface area contributed by atoms with Crippen molar-refractivity contribution in [3.8, 4) is 11.6 Å². The minimum atomic E-state index is -0.871. The Labute approximate surface area is 126 Å². The molecule has 0 aromatic carbocycles. The van der Waals surface area contributed by atoms with E-state index in [1.165, 1.54) is 4.68 Å². The quantitative estimate of drug-likeness (QED) is 0.912. The number of halogens is 1. The molecule has 21 heavy (non-hydrogen) atoms. The van der Waals surface area contributed by atoms with Crippen molar-refractivity contribution in [3.63, 3.8) is 0 Å². The van der Waals surface area contributed by atoms with Gasteiger partial charge in [0.05, 0.1) is 12.5 Å². The smallest absolute Gasteiger partial charge is 0.308 e. The Kier molecular flexibility index (Phi) is 4.32. The van der Waals surface area contributed by atoms with Gasteiger partial charge in [0, 0.05) is 0 Å². The van der Waals surface area contributed by atoms with Crippen molar-refractivity contribution in [1.82, 2.24) is 20.2 Å². The van der Waals surface area contributed by atoms with E-state index in [0.29, 0.717) is 18.0 Å². The molecule has 0 bridgehead atoms. The van der Waals surface area contributed by atoms with Gasteiger partial charge >= 0.3 is 5.97 Å². The van der Waals surface area contributed by atoms with Crippen molar-refractivity contribution in [2.45, 2.75) is 33.7 Å². The number of rotatable bonds is 5. The average Bonchev–Trinajstić information content (AvgIpc) is 2.95. The molecule has 0 saturated carbocycles. The Morgan fingerprint density at radius 1 is 1.48 bits per heavy atom. The molecule has 2 aromatic heterocycles. The van der Waals surface area contributed by atoms with Gasteiger partial charge in [-0.1, -0.05) is 20.8 Å². The number of hydrogen-bond donors (Lipinski definition) is 1. The zero-order valence-corrected chi connectivity index (χ0v) is 12.8. The molecule has 2 rings (SSSR count). The molecule has 0 radical (unpaired) electrons. The standard InChI is InChI=1S/C13H17ClN4O3/c1-13(2,3)6-8(12(19)20)7-18-11(15-16-17-18)9-4-5-10(14)21-9/h4-5,8H,6-7H2,1-3H3,(H,19,20). The Morgan fingerprint density at radius 2 is 2.19 bits per heavy atom. The Hall–Kier alpha value is -1.89. The molecule has 0 aliphatic rings. The van der Waals surface area contributed by atoms with Crippen molar-refractivity contribution >= 4 is 17.6 Å². The third kappa shape index (κ3) is 4.04. The second-order valence-corrected chi connectivity index (χ2v) is 6.46. The molecule has 114 valence electrons. The molecule has 2 heterocycles. The Bertz CT molecular complexity index is 629. The number of nitrogens with zero attached hydrogens (tertiary/aromatic N) is 4. The van der Waals surface area contributed by atoms with Crippen molar-refractivity contribution in [3.05, 3.63) is 17.4 Å². The summed E-state index contributed by atoms with van der Waals surface area (Å²) in [7, 11) is 0. The summed E-state index contributed by atoms with van der Waals surface area (Å²) in [6.07, 6.45) is 0.514. The number of carboxylic acids is 1. The number of carbonyl (C=O) groups is 1. The predicted molar refractivity (Wildman–Crippen MR) is 75.7 cm³/mol. The molecule has 2 aromatic rings. The minimum absolute atomic E-state index is 0.106. The zero-order valence-electron chi connectivity index (χ0n) is 12.1. The largest absolute Gasteiger partial charge is 0.481 e. The molecule has 0 aliphatic heterocycles. The van der Waals surface area contributed by atoms with Crippen molar-refractivity contribution in [1.29, 1.82) is 0 Å². The van der Waals surface area contributed by atoms with Crippen LogP contribution in [0.25, 0.3) is 11.6 Å². The summed E-state index contributed by atoms with van der Waals surface area (Å²) in [6, 6.07) is 3.23. The molecule has 0 fully saturated rings. The molecule has 0 aliphatic carbocycles. The highest BCUT2D eigenvalue weighted by Crippen LogP contribution is 2.27. The van der Waals surface area contributed by atoms with Crippen LogP contribution in [0, 0.1) is 11.3 Å². The van der Waals surface area contributed by atoms with E-state index in [-0.39, 0.29) is 17.2 Å². The summed E-state index contributed by atoms with van der Waals surface area (Å²) in [5, 5.41) is 20.9. The van der Waals surface area contributed by atoms with Crippen LogP contribution >= 0.6 is 11.6 Å². The summed E-state index contributed by atoms with van der Waals surface area (Å²) in [5.41, 5.74) is -0.106. The summed E-state index contributed by atoms with van der Waals surface area (Å²) in [5.74, 6) is -0.687. The topological polar surface area (TPSA) is 94.0 Å². The van der Waals surface area contributed by atoms with E-state index in [2.05, 4.69) is 15.5 Å². The molecule has 1 N–H and O–H groups in total. The van der Waals surface area contributed by atoms with Crippen LogP contribution in [-0.4, -0.2) is 31.3 Å². The monoisotopic (exact) mass is 312 g/mol. The molecule has 0 saturated heterocycles. The van der Waals surface area contributed by atoms with Gasteiger partial charge < -0.3 is 9.52 Å². The molecular weight excluding hydrogens is 296 g/mol. The van der Waals surface area contributed by atoms with Crippen molar-refractivity contribution in [2.75, 3.05) is 0 Å². The SMILES string of the molecule is CC(C)(C)CC(Cn1nnnc1-c1ccc(Cl)o1)C(=O)O. The lowest BCUT2D eigenvalue weighted by molar-refractivity contribution is -0.143. The number of aliphatic carboxylic acids is 1. The van der Waals surface area contributed by atoms with Crippen LogP contribution in [0.3, 0.4) is 0 Å². The number of tetrazole rings is 1. The highest BCUT2D eigenvalue weighted by molar-refractivity contribution is 6.28. The van der Waals surface area contributed by atoms with E-state index < -0.39 is 11.9 Å². The molecular formula is C13H17ClN4O3. The lowest BCUT2D eigenvalue weighted by atomic mass is 9.84. The highest BCUT2D eigenvalue weighted by Gasteiger charge is 2.27. The van der Waals surface area contributed by atoms with E-state index in [1.54, 1.807) is 12.1 Å². The maximum absolute atomic E-state index is 11.4. The van der Waals surface area contributed by atoms with Crippen molar-refractivity contribution < 1.29 is 14.3 Å². The van der Waals surface area contributed by atoms with Gasteiger partial charge in [0.1, 0.15) is 0 Å². The normalized spacial score (nSPS) is 13.3. The summed E-state index contributed by atoms with van der Waals surface area (Å²) >= 11 is 5.73. The lowest BCUT2D eigenvalue weighted by Gasteiger charge is -2.23. The highest BCUT2D eigenvalue weighted by atomic mass is 35.5. The minimum Gasteiger partial charge on any atom is -0.481 e. The first-order valence-corrected chi connectivity index (χ1v) is 6.89. The maximum atomic E-state index is 11.4. The van der Waals surface area contributed by atoms with Gasteiger partial charge in [-0.05, 0) is 46.0 Å². The maximum Gasteiger partial charge on any atom is 0.308 e. The number of furan rings is 1. The van der Waals surface area contributed by atoms with Gasteiger partial charge in [-0.2, -0.15) is 0 Å². The van der Waals surface area contributed by atoms with E-state index in [1.807, 2.05) is 20.8 Å². The number of aromatic nitrogens is 4. The van der Waals surface area contributed by atoms with Crippen molar-refractivity contribution in [2.24, 2.45) is 11.3 Å². The molecule has 8 heteroatoms. The van der Waals surface area contributed by atoms with Gasteiger partial charge in [0.2, 0.25) is 5.82 Å². The third-order valence-corrected chi connectivity index (χ3v) is 3.13. The van der Waals surface area contributed by atoms with Gasteiger partial charge in [-0.25, -0.2) is 4.68 Å². The van der Waals surface area contributed by atoms with Crippen LogP contribution in [-0.2, 0) is 11.3 Å².